The Balaban J connectivity index is 1.31. The summed E-state index contributed by atoms with van der Waals surface area (Å²) in [5.74, 6) is 0.678. The number of fused-ring (bicyclic) bond motifs is 3. The number of anilines is 1. The van der Waals surface area contributed by atoms with Gasteiger partial charge < -0.3 is 0 Å². The van der Waals surface area contributed by atoms with Crippen molar-refractivity contribution in [3.63, 3.8) is 0 Å². The van der Waals surface area contributed by atoms with Crippen molar-refractivity contribution in [3.05, 3.63) is 130 Å². The van der Waals surface area contributed by atoms with E-state index in [1.54, 1.807) is 23.5 Å². The van der Waals surface area contributed by atoms with Crippen molar-refractivity contribution in [2.75, 3.05) is 11.4 Å². The van der Waals surface area contributed by atoms with Gasteiger partial charge in [-0.3, -0.25) is 0 Å². The Labute approximate surface area is 271 Å². The van der Waals surface area contributed by atoms with Crippen LogP contribution in [0.3, 0.4) is 0 Å². The van der Waals surface area contributed by atoms with Gasteiger partial charge in [-0.05, 0) is 0 Å². The van der Waals surface area contributed by atoms with E-state index in [1.807, 2.05) is 23.0 Å². The topological polar surface area (TPSA) is 7.12 Å². The van der Waals surface area contributed by atoms with Crippen LogP contribution in [0.5, 0.6) is 0 Å². The molecular weight excluding hydrogens is 682 g/mol. The van der Waals surface area contributed by atoms with E-state index in [-0.39, 0.29) is 0 Å². The molecule has 0 saturated carbocycles. The molecule has 0 amide bonds. The van der Waals surface area contributed by atoms with Crippen LogP contribution in [0, 0.1) is 5.92 Å². The number of hydrogen-bond donors (Lipinski definition) is 0. The van der Waals surface area contributed by atoms with Crippen LogP contribution in [0.4, 0.5) is 5.69 Å². The molecule has 6 heteroatoms. The zero-order chi connectivity index (χ0) is 29.1. The first kappa shape index (κ1) is 29.6. The van der Waals surface area contributed by atoms with Crippen molar-refractivity contribution in [3.8, 4) is 0 Å². The normalized spacial score (nSPS) is 19.8. The zero-order valence-corrected chi connectivity index (χ0v) is 28.8. The Morgan fingerprint density at radius 3 is 2.48 bits per heavy atom. The van der Waals surface area contributed by atoms with Crippen LogP contribution in [0.25, 0.3) is 15.9 Å². The third-order valence-corrected chi connectivity index (χ3v) is 13.9. The van der Waals surface area contributed by atoms with Crippen LogP contribution >= 0.6 is 23.5 Å². The Morgan fingerprint density at radius 2 is 1.69 bits per heavy atom. The Kier molecular flexibility index (Phi) is 9.50. The summed E-state index contributed by atoms with van der Waals surface area (Å²) in [6, 6.07) is 13.7. The first-order chi connectivity index (χ1) is 20.6. The number of hydrogen-bond acceptors (Lipinski definition) is 3. The second kappa shape index (κ2) is 13.5. The number of benzene rings is 2. The van der Waals surface area contributed by atoms with E-state index in [2.05, 4.69) is 96.5 Å². The summed E-state index contributed by atoms with van der Waals surface area (Å²) in [5, 5.41) is 3.81. The monoisotopic (exact) mass is 719 g/mol. The Morgan fingerprint density at radius 1 is 0.905 bits per heavy atom. The summed E-state index contributed by atoms with van der Waals surface area (Å²) in [5.41, 5.74) is 7.10. The van der Waals surface area contributed by atoms with Gasteiger partial charge in [0.05, 0.1) is 0 Å². The molecule has 1 atom stereocenters. The van der Waals surface area contributed by atoms with E-state index >= 15 is 0 Å². The van der Waals surface area contributed by atoms with Gasteiger partial charge in [0.2, 0.25) is 0 Å². The van der Waals surface area contributed by atoms with Crippen LogP contribution < -0.4 is 13.9 Å². The molecule has 3 aliphatic rings. The Hall–Kier alpha value is -2.43. The molecule has 0 N–H and O–H groups in total. The molecule has 6 rings (SSSR count). The molecule has 2 aromatic carbocycles. The van der Waals surface area contributed by atoms with E-state index in [1.165, 1.54) is 68.4 Å². The van der Waals surface area contributed by atoms with Crippen molar-refractivity contribution in [2.24, 2.45) is 5.92 Å². The number of rotatable bonds is 10. The number of nitrogens with zero attached hydrogens (tertiary/aromatic N) is 2. The summed E-state index contributed by atoms with van der Waals surface area (Å²) in [4.78, 5) is 4.95. The number of aromatic nitrogens is 1. The maximum absolute atomic E-state index is 4.06. The second-order valence-electron chi connectivity index (χ2n) is 10.5. The first-order valence-corrected chi connectivity index (χ1v) is 19.5. The molecule has 0 spiro atoms. The minimum atomic E-state index is 0.300. The van der Waals surface area contributed by atoms with Gasteiger partial charge in [-0.15, -0.1) is 0 Å². The maximum atomic E-state index is 4.06. The molecule has 0 bridgehead atoms. The Bertz CT molecular complexity index is 1700. The average molecular weight is 718 g/mol. The molecule has 2 aliphatic carbocycles. The quantitative estimate of drug-likeness (QED) is 0.0906. The van der Waals surface area contributed by atoms with Gasteiger partial charge in [0.15, 0.2) is 0 Å². The van der Waals surface area contributed by atoms with Crippen molar-refractivity contribution < 1.29 is 4.57 Å². The molecule has 0 saturated heterocycles. The zero-order valence-electron chi connectivity index (χ0n) is 23.8. The molecule has 0 fully saturated rings. The second-order valence-corrected chi connectivity index (χ2v) is 17.0. The molecular formula is C36H35N2S2Se2+. The predicted molar refractivity (Wildman–Crippen MR) is 187 cm³/mol. The summed E-state index contributed by atoms with van der Waals surface area (Å²) >= 11 is 3.97. The van der Waals surface area contributed by atoms with Gasteiger partial charge >= 0.3 is 273 Å². The summed E-state index contributed by atoms with van der Waals surface area (Å²) < 4.78 is 8.25. The molecule has 212 valence electrons. The van der Waals surface area contributed by atoms with Gasteiger partial charge in [0.25, 0.3) is 0 Å². The molecule has 1 unspecified atom stereocenters. The minimum absolute atomic E-state index is 0.300. The summed E-state index contributed by atoms with van der Waals surface area (Å²) in [6.07, 6.45) is 18.8. The third kappa shape index (κ3) is 6.26. The molecule has 42 heavy (non-hydrogen) atoms. The van der Waals surface area contributed by atoms with Crippen LogP contribution in [-0.4, -0.2) is 36.0 Å². The SMILES string of the molecule is C=CCN1/C(=C/C2=CC3=C/C(=C/c4[se]c5ccc(SC=C)cc5[n+]4CC=C)CCC3CC2)[Se]c2ccc(SC=C)cc21. The molecule has 3 aromatic rings. The fourth-order valence-electron chi connectivity index (χ4n) is 5.90. The van der Waals surface area contributed by atoms with Crippen molar-refractivity contribution in [2.45, 2.75) is 42.0 Å². The molecule has 2 heterocycles. The predicted octanol–water partition coefficient (Wildman–Crippen LogP) is 8.16. The van der Waals surface area contributed by atoms with Gasteiger partial charge in [0, 0.05) is 0 Å². The van der Waals surface area contributed by atoms with E-state index in [0.29, 0.717) is 35.4 Å². The van der Waals surface area contributed by atoms with E-state index in [0.717, 1.165) is 25.9 Å². The molecule has 0 radical (unpaired) electrons. The fraction of sp³-hybridized carbons (Fsp3) is 0.194. The first-order valence-electron chi connectivity index (χ1n) is 14.3. The van der Waals surface area contributed by atoms with Gasteiger partial charge in [-0.25, -0.2) is 0 Å². The van der Waals surface area contributed by atoms with Crippen LogP contribution in [0.15, 0.2) is 135 Å². The standard InChI is InChI=1S/C36H35N2S2Se2/c1-5-17-37-31-23-29(39-7-3)13-15-33(31)41-35(37)21-25-9-11-27-12-10-26(20-28(27)19-25)22-36-38(18-6-2)32-24-30(40-8-4)14-16-34(32)42-36/h5-8,13-16,19-24,27H,1-4,9-12,17-18H2/q+1. The molecule has 1 aromatic heterocycles. The van der Waals surface area contributed by atoms with Crippen LogP contribution in [0.2, 0.25) is 0 Å². The van der Waals surface area contributed by atoms with E-state index < -0.39 is 0 Å². The van der Waals surface area contributed by atoms with Crippen molar-refractivity contribution in [1.29, 1.82) is 0 Å². The van der Waals surface area contributed by atoms with E-state index in [4.69, 9.17) is 0 Å². The van der Waals surface area contributed by atoms with Crippen molar-refractivity contribution >= 4 is 79.0 Å². The number of thioether (sulfide) groups is 2. The molecule has 1 aliphatic heterocycles. The van der Waals surface area contributed by atoms with E-state index in [9.17, 15) is 0 Å². The van der Waals surface area contributed by atoms with Gasteiger partial charge in [-0.1, -0.05) is 0 Å². The average Bonchev–Trinajstić information content (AvgIpc) is 3.50. The summed E-state index contributed by atoms with van der Waals surface area (Å²) in [6.45, 7) is 17.6. The summed E-state index contributed by atoms with van der Waals surface area (Å²) in [7, 11) is 0. The third-order valence-electron chi connectivity index (χ3n) is 7.82. The van der Waals surface area contributed by atoms with Crippen LogP contribution in [-0.2, 0) is 6.54 Å². The van der Waals surface area contributed by atoms with Crippen molar-refractivity contribution in [1.82, 2.24) is 0 Å². The van der Waals surface area contributed by atoms with Gasteiger partial charge in [-0.2, -0.15) is 0 Å². The fourth-order valence-corrected chi connectivity index (χ4v) is 11.7. The number of allylic oxidation sites excluding steroid dienone is 7. The van der Waals surface area contributed by atoms with Gasteiger partial charge in [0.1, 0.15) is 0 Å². The van der Waals surface area contributed by atoms with Crippen LogP contribution in [0.1, 0.15) is 30.3 Å². The molecule has 2 nitrogen and oxygen atoms in total.